The lowest BCUT2D eigenvalue weighted by Crippen LogP contribution is -2.36. The second-order valence-corrected chi connectivity index (χ2v) is 4.74. The van der Waals surface area contributed by atoms with Gasteiger partial charge in [-0.3, -0.25) is 14.9 Å². The van der Waals surface area contributed by atoms with Crippen LogP contribution in [0, 0.1) is 10.1 Å². The summed E-state index contributed by atoms with van der Waals surface area (Å²) in [4.78, 5) is 21.5. The minimum atomic E-state index is -0.611. The van der Waals surface area contributed by atoms with Crippen LogP contribution in [0.15, 0.2) is 12.1 Å². The molecule has 9 nitrogen and oxygen atoms in total. The van der Waals surface area contributed by atoms with Crippen LogP contribution < -0.4 is 20.9 Å². The minimum absolute atomic E-state index is 0.0315. The summed E-state index contributed by atoms with van der Waals surface area (Å²) in [7, 11) is 1.39. The van der Waals surface area contributed by atoms with Crippen molar-refractivity contribution in [3.8, 4) is 11.5 Å². The number of ether oxygens (including phenoxy) is 2. The van der Waals surface area contributed by atoms with Crippen LogP contribution in [0.5, 0.6) is 11.5 Å². The van der Waals surface area contributed by atoms with Gasteiger partial charge in [0.25, 0.3) is 5.69 Å². The van der Waals surface area contributed by atoms with E-state index in [9.17, 15) is 14.9 Å². The van der Waals surface area contributed by atoms with Gasteiger partial charge in [0.1, 0.15) is 0 Å². The first-order valence-corrected chi connectivity index (χ1v) is 7.04. The molecule has 0 aliphatic heterocycles. The number of hydrogen-bond donors (Lipinski definition) is 3. The van der Waals surface area contributed by atoms with Crippen molar-refractivity contribution in [2.75, 3.05) is 20.2 Å². The topological polar surface area (TPSA) is 151 Å². The lowest BCUT2D eigenvalue weighted by Gasteiger charge is -2.25. The normalized spacial score (nSPS) is 16.0. The third-order valence-corrected chi connectivity index (χ3v) is 3.18. The summed E-state index contributed by atoms with van der Waals surface area (Å²) in [5.41, 5.74) is 9.68. The number of carbonyl (C=O) groups is 1. The Labute approximate surface area is 133 Å². The van der Waals surface area contributed by atoms with Crippen LogP contribution in [0.1, 0.15) is 18.4 Å². The monoisotopic (exact) mass is 327 g/mol. The van der Waals surface area contributed by atoms with E-state index in [1.54, 1.807) is 0 Å². The van der Waals surface area contributed by atoms with Crippen LogP contribution in [0.4, 0.5) is 5.69 Å². The second-order valence-electron chi connectivity index (χ2n) is 4.74. The first kappa shape index (κ1) is 18.8. The number of benzene rings is 1. The zero-order valence-electron chi connectivity index (χ0n) is 12.9. The van der Waals surface area contributed by atoms with Crippen molar-refractivity contribution in [3.05, 3.63) is 27.8 Å². The number of rotatable bonds is 6. The molecular weight excluding hydrogens is 306 g/mol. The van der Waals surface area contributed by atoms with Crippen LogP contribution in [0.3, 0.4) is 0 Å². The fourth-order valence-electron chi connectivity index (χ4n) is 1.80. The quantitative estimate of drug-likeness (QED) is 0.492. The Morgan fingerprint density at radius 2 is 2.00 bits per heavy atom. The fraction of sp³-hybridized carbons (Fsp3) is 0.500. The number of nitrogens with zero attached hydrogens (tertiary/aromatic N) is 1. The van der Waals surface area contributed by atoms with E-state index in [-0.39, 0.29) is 28.5 Å². The van der Waals surface area contributed by atoms with Gasteiger partial charge >= 0.3 is 0 Å². The Hall–Kier alpha value is -2.23. The molecule has 0 aromatic heterocycles. The number of aliphatic hydroxyl groups excluding tert-OH is 1. The lowest BCUT2D eigenvalue weighted by atomic mass is 9.94. The summed E-state index contributed by atoms with van der Waals surface area (Å²) in [5, 5.41) is 20.0. The molecule has 9 heteroatoms. The molecule has 1 fully saturated rings. The summed E-state index contributed by atoms with van der Waals surface area (Å²) in [5.74, 6) is 0.370. The molecule has 128 valence electrons. The standard InChI is InChI=1S/C12H13NO6.C2H8N2/c1-18-11-4-7(6-14)8(13(16)17)5-12(11)19-10-3-2-9(10)15;3-1-2-4/h4-5,10,14H,2-3,6H2,1H3;1-4H2. The van der Waals surface area contributed by atoms with E-state index in [0.29, 0.717) is 25.9 Å². The third kappa shape index (κ3) is 4.88. The van der Waals surface area contributed by atoms with Crippen molar-refractivity contribution in [2.24, 2.45) is 11.5 Å². The predicted molar refractivity (Wildman–Crippen MR) is 82.3 cm³/mol. The van der Waals surface area contributed by atoms with Gasteiger partial charge in [0.2, 0.25) is 0 Å². The summed E-state index contributed by atoms with van der Waals surface area (Å²) < 4.78 is 10.5. The second kappa shape index (κ2) is 9.03. The lowest BCUT2D eigenvalue weighted by molar-refractivity contribution is -0.386. The van der Waals surface area contributed by atoms with E-state index >= 15 is 0 Å². The predicted octanol–water partition coefficient (Wildman–Crippen LogP) is 0.110. The Bertz CT molecular complexity index is 562. The average Bonchev–Trinajstić information content (AvgIpc) is 2.57. The highest BCUT2D eigenvalue weighted by molar-refractivity contribution is 5.89. The first-order valence-electron chi connectivity index (χ1n) is 7.04. The van der Waals surface area contributed by atoms with Gasteiger partial charge < -0.3 is 26.0 Å². The Kier molecular flexibility index (Phi) is 7.39. The van der Waals surface area contributed by atoms with E-state index in [1.165, 1.54) is 19.2 Å². The fourth-order valence-corrected chi connectivity index (χ4v) is 1.80. The van der Waals surface area contributed by atoms with E-state index in [4.69, 9.17) is 26.0 Å². The maximum Gasteiger partial charge on any atom is 0.278 e. The molecule has 1 aromatic rings. The van der Waals surface area contributed by atoms with Gasteiger partial charge in [-0.25, -0.2) is 0 Å². The molecule has 0 saturated heterocycles. The summed E-state index contributed by atoms with van der Waals surface area (Å²) in [6, 6.07) is 2.52. The Balaban J connectivity index is 0.000000593. The van der Waals surface area contributed by atoms with E-state index in [2.05, 4.69) is 0 Å². The largest absolute Gasteiger partial charge is 0.493 e. The van der Waals surface area contributed by atoms with Crippen molar-refractivity contribution in [2.45, 2.75) is 25.6 Å². The summed E-state index contributed by atoms with van der Waals surface area (Å²) in [6.45, 7) is 0.718. The molecule has 0 spiro atoms. The van der Waals surface area contributed by atoms with Gasteiger partial charge in [0.15, 0.2) is 23.4 Å². The molecule has 1 aliphatic carbocycles. The van der Waals surface area contributed by atoms with Gasteiger partial charge in [0, 0.05) is 19.5 Å². The maximum atomic E-state index is 11.2. The van der Waals surface area contributed by atoms with Crippen LogP contribution in [-0.2, 0) is 11.4 Å². The minimum Gasteiger partial charge on any atom is -0.493 e. The van der Waals surface area contributed by atoms with Gasteiger partial charge in [0.05, 0.1) is 30.3 Å². The van der Waals surface area contributed by atoms with E-state index in [0.717, 1.165) is 0 Å². The van der Waals surface area contributed by atoms with Gasteiger partial charge in [-0.2, -0.15) is 0 Å². The third-order valence-electron chi connectivity index (χ3n) is 3.18. The molecule has 1 saturated carbocycles. The number of carbonyl (C=O) groups excluding carboxylic acids is 1. The molecule has 1 atom stereocenters. The van der Waals surface area contributed by atoms with Crippen molar-refractivity contribution in [1.82, 2.24) is 0 Å². The highest BCUT2D eigenvalue weighted by Crippen LogP contribution is 2.36. The number of nitro benzene ring substituents is 1. The smallest absolute Gasteiger partial charge is 0.278 e. The number of nitrogens with two attached hydrogens (primary N) is 2. The van der Waals surface area contributed by atoms with Crippen LogP contribution in [-0.4, -0.2) is 42.1 Å². The first-order chi connectivity index (χ1) is 11.0. The molecule has 2 rings (SSSR count). The zero-order chi connectivity index (χ0) is 17.4. The number of Topliss-reactive ketones (excluding diaryl/α,β-unsaturated/α-hetero) is 1. The van der Waals surface area contributed by atoms with E-state index in [1.807, 2.05) is 0 Å². The number of nitro groups is 1. The van der Waals surface area contributed by atoms with Crippen LogP contribution >= 0.6 is 0 Å². The molecule has 23 heavy (non-hydrogen) atoms. The van der Waals surface area contributed by atoms with Crippen molar-refractivity contribution in [3.63, 3.8) is 0 Å². The average molecular weight is 327 g/mol. The number of aliphatic hydroxyl groups is 1. The SMILES string of the molecule is COc1cc(CO)c([N+](=O)[O-])cc1OC1CCC1=O.NCCN. The van der Waals surface area contributed by atoms with Crippen LogP contribution in [0.25, 0.3) is 0 Å². The van der Waals surface area contributed by atoms with Crippen molar-refractivity contribution < 1.29 is 24.3 Å². The number of hydrogen-bond acceptors (Lipinski definition) is 8. The number of ketones is 1. The molecule has 0 amide bonds. The Morgan fingerprint density at radius 1 is 1.35 bits per heavy atom. The molecular formula is C14H21N3O6. The number of methoxy groups -OCH3 is 1. The molecule has 1 aromatic carbocycles. The van der Waals surface area contributed by atoms with Gasteiger partial charge in [-0.1, -0.05) is 0 Å². The molecule has 1 aliphatic rings. The molecule has 0 heterocycles. The van der Waals surface area contributed by atoms with Crippen molar-refractivity contribution in [1.29, 1.82) is 0 Å². The molecule has 0 radical (unpaired) electrons. The maximum absolute atomic E-state index is 11.2. The molecule has 5 N–H and O–H groups in total. The highest BCUT2D eigenvalue weighted by Gasteiger charge is 2.31. The van der Waals surface area contributed by atoms with Gasteiger partial charge in [-0.15, -0.1) is 0 Å². The Morgan fingerprint density at radius 3 is 2.35 bits per heavy atom. The van der Waals surface area contributed by atoms with Gasteiger partial charge in [-0.05, 0) is 12.5 Å². The zero-order valence-corrected chi connectivity index (χ0v) is 12.9. The molecule has 1 unspecified atom stereocenters. The summed E-state index contributed by atoms with van der Waals surface area (Å²) >= 11 is 0. The summed E-state index contributed by atoms with van der Waals surface area (Å²) in [6.07, 6.45) is 0.495. The molecule has 0 bridgehead atoms. The van der Waals surface area contributed by atoms with Crippen LogP contribution in [0.2, 0.25) is 0 Å². The van der Waals surface area contributed by atoms with Crippen molar-refractivity contribution >= 4 is 11.5 Å². The van der Waals surface area contributed by atoms with E-state index < -0.39 is 17.6 Å². The highest BCUT2D eigenvalue weighted by atomic mass is 16.6.